The Hall–Kier alpha value is -1.42. The van der Waals surface area contributed by atoms with Gasteiger partial charge < -0.3 is 0 Å². The molecule has 1 aromatic carbocycles. The number of aryl methyl sites for hydroxylation is 1. The van der Waals surface area contributed by atoms with Gasteiger partial charge in [0.15, 0.2) is 0 Å². The van der Waals surface area contributed by atoms with Crippen molar-refractivity contribution in [2.75, 3.05) is 0 Å². The molecule has 106 valence electrons. The van der Waals surface area contributed by atoms with Crippen LogP contribution in [0.3, 0.4) is 0 Å². The minimum atomic E-state index is 0.542. The molecule has 0 saturated carbocycles. The van der Waals surface area contributed by atoms with E-state index in [9.17, 15) is 0 Å². The number of aromatic nitrogens is 2. The van der Waals surface area contributed by atoms with Crippen LogP contribution in [0, 0.1) is 0 Å². The van der Waals surface area contributed by atoms with Crippen molar-refractivity contribution in [1.29, 1.82) is 0 Å². The Morgan fingerprint density at radius 1 is 1.05 bits per heavy atom. The minimum absolute atomic E-state index is 0.542. The van der Waals surface area contributed by atoms with Gasteiger partial charge in [-0.05, 0) is 30.7 Å². The topological polar surface area (TPSA) is 25.8 Å². The average Bonchev–Trinajstić information content (AvgIpc) is 3.00. The lowest BCUT2D eigenvalue weighted by atomic mass is 10.2. The summed E-state index contributed by atoms with van der Waals surface area (Å²) in [5, 5.41) is 4.10. The van der Waals surface area contributed by atoms with Crippen molar-refractivity contribution in [1.82, 2.24) is 9.97 Å². The Morgan fingerprint density at radius 3 is 2.67 bits per heavy atom. The Kier molecular flexibility index (Phi) is 4.24. The van der Waals surface area contributed by atoms with Gasteiger partial charge >= 0.3 is 0 Å². The molecule has 2 nitrogen and oxygen atoms in total. The summed E-state index contributed by atoms with van der Waals surface area (Å²) >= 11 is 13.6. The van der Waals surface area contributed by atoms with Crippen molar-refractivity contribution in [2.45, 2.75) is 13.3 Å². The summed E-state index contributed by atoms with van der Waals surface area (Å²) in [6.45, 7) is 2.09. The van der Waals surface area contributed by atoms with Gasteiger partial charge in [0.05, 0.1) is 15.7 Å². The fourth-order valence-electron chi connectivity index (χ4n) is 2.00. The number of thiazole rings is 1. The molecule has 5 heteroatoms. The van der Waals surface area contributed by atoms with E-state index in [1.807, 2.05) is 29.8 Å². The first-order valence-corrected chi connectivity index (χ1v) is 8.17. The Labute approximate surface area is 137 Å². The third-order valence-corrected chi connectivity index (χ3v) is 4.78. The zero-order chi connectivity index (χ0) is 14.8. The van der Waals surface area contributed by atoms with E-state index in [2.05, 4.69) is 23.0 Å². The second kappa shape index (κ2) is 6.14. The summed E-state index contributed by atoms with van der Waals surface area (Å²) in [6.07, 6.45) is 2.74. The van der Waals surface area contributed by atoms with Crippen LogP contribution in [0.5, 0.6) is 0 Å². The average molecular weight is 335 g/mol. The Bertz CT molecular complexity index is 783. The monoisotopic (exact) mass is 334 g/mol. The number of hydrogen-bond acceptors (Lipinski definition) is 3. The van der Waals surface area contributed by atoms with Crippen molar-refractivity contribution in [2.24, 2.45) is 0 Å². The fourth-order valence-corrected chi connectivity index (χ4v) is 3.12. The quantitative estimate of drug-likeness (QED) is 0.610. The molecule has 3 aromatic rings. The van der Waals surface area contributed by atoms with Crippen LogP contribution in [0.4, 0.5) is 0 Å². The molecule has 0 fully saturated rings. The molecule has 0 amide bonds. The molecule has 0 radical (unpaired) electrons. The number of rotatable bonds is 3. The lowest BCUT2D eigenvalue weighted by Gasteiger charge is -2.00. The van der Waals surface area contributed by atoms with Gasteiger partial charge in [-0.3, -0.25) is 4.98 Å². The Balaban J connectivity index is 1.97. The number of hydrogen-bond donors (Lipinski definition) is 0. The van der Waals surface area contributed by atoms with E-state index in [-0.39, 0.29) is 0 Å². The first kappa shape index (κ1) is 14.5. The highest BCUT2D eigenvalue weighted by Crippen LogP contribution is 2.32. The zero-order valence-corrected chi connectivity index (χ0v) is 13.6. The van der Waals surface area contributed by atoms with E-state index in [1.165, 1.54) is 0 Å². The van der Waals surface area contributed by atoms with Gasteiger partial charge in [-0.25, -0.2) is 4.98 Å². The van der Waals surface area contributed by atoms with Crippen molar-refractivity contribution in [3.05, 3.63) is 57.6 Å². The summed E-state index contributed by atoms with van der Waals surface area (Å²) in [5.74, 6) is 0. The molecule has 0 N–H and O–H groups in total. The van der Waals surface area contributed by atoms with Crippen LogP contribution in [-0.2, 0) is 6.42 Å². The number of benzene rings is 1. The minimum Gasteiger partial charge on any atom is -0.261 e. The van der Waals surface area contributed by atoms with Crippen molar-refractivity contribution >= 4 is 34.5 Å². The molecule has 0 saturated heterocycles. The van der Waals surface area contributed by atoms with Gasteiger partial charge in [0.25, 0.3) is 0 Å². The largest absolute Gasteiger partial charge is 0.261 e. The van der Waals surface area contributed by atoms with Crippen LogP contribution < -0.4 is 0 Å². The van der Waals surface area contributed by atoms with Crippen molar-refractivity contribution < 1.29 is 0 Å². The summed E-state index contributed by atoms with van der Waals surface area (Å²) in [7, 11) is 0. The van der Waals surface area contributed by atoms with E-state index >= 15 is 0 Å². The van der Waals surface area contributed by atoms with Crippen LogP contribution >= 0.6 is 34.5 Å². The highest BCUT2D eigenvalue weighted by Gasteiger charge is 2.09. The Morgan fingerprint density at radius 2 is 1.90 bits per heavy atom. The first-order valence-electron chi connectivity index (χ1n) is 6.53. The normalized spacial score (nSPS) is 10.8. The van der Waals surface area contributed by atoms with Gasteiger partial charge in [-0.15, -0.1) is 11.3 Å². The molecule has 0 aliphatic heterocycles. The second-order valence-corrected chi connectivity index (χ2v) is 6.23. The smallest absolute Gasteiger partial charge is 0.124 e. The number of pyridine rings is 1. The maximum atomic E-state index is 6.06. The van der Waals surface area contributed by atoms with Crippen LogP contribution in [0.25, 0.3) is 21.8 Å². The summed E-state index contributed by atoms with van der Waals surface area (Å²) < 4.78 is 0. The zero-order valence-electron chi connectivity index (χ0n) is 11.3. The number of halogens is 2. The molecular formula is C16H12Cl2N2S. The van der Waals surface area contributed by atoms with E-state index < -0.39 is 0 Å². The molecule has 0 atom stereocenters. The van der Waals surface area contributed by atoms with Gasteiger partial charge in [-0.2, -0.15) is 0 Å². The van der Waals surface area contributed by atoms with Gasteiger partial charge in [0, 0.05) is 28.4 Å². The van der Waals surface area contributed by atoms with Crippen LogP contribution in [0.1, 0.15) is 12.6 Å². The lowest BCUT2D eigenvalue weighted by molar-refractivity contribution is 1.04. The third-order valence-electron chi connectivity index (χ3n) is 3.15. The van der Waals surface area contributed by atoms with Gasteiger partial charge in [0.1, 0.15) is 5.01 Å². The summed E-state index contributed by atoms with van der Waals surface area (Å²) in [4.78, 5) is 9.00. The highest BCUT2D eigenvalue weighted by atomic mass is 35.5. The van der Waals surface area contributed by atoms with Gasteiger partial charge in [-0.1, -0.05) is 36.2 Å². The SMILES string of the molecule is CCc1cc(-c2nc(-c3ccc(Cl)c(Cl)c3)cs2)ccn1. The van der Waals surface area contributed by atoms with Crippen molar-refractivity contribution in [3.8, 4) is 21.8 Å². The van der Waals surface area contributed by atoms with Crippen molar-refractivity contribution in [3.63, 3.8) is 0 Å². The predicted molar refractivity (Wildman–Crippen MR) is 90.2 cm³/mol. The molecule has 3 rings (SSSR count). The van der Waals surface area contributed by atoms with Crippen LogP contribution in [0.2, 0.25) is 10.0 Å². The standard InChI is InChI=1S/C16H12Cl2N2S/c1-2-12-7-11(5-6-19-12)16-20-15(9-21-16)10-3-4-13(17)14(18)8-10/h3-9H,2H2,1H3. The maximum absolute atomic E-state index is 6.06. The summed E-state index contributed by atoms with van der Waals surface area (Å²) in [6, 6.07) is 9.62. The van der Waals surface area contributed by atoms with E-state index in [0.717, 1.165) is 33.9 Å². The number of nitrogens with zero attached hydrogens (tertiary/aromatic N) is 2. The highest BCUT2D eigenvalue weighted by molar-refractivity contribution is 7.13. The van der Waals surface area contributed by atoms with Gasteiger partial charge in [0.2, 0.25) is 0 Å². The predicted octanol–water partition coefficient (Wildman–Crippen LogP) is 5.74. The third kappa shape index (κ3) is 3.10. The fraction of sp³-hybridized carbons (Fsp3) is 0.125. The van der Waals surface area contributed by atoms with E-state index in [4.69, 9.17) is 23.2 Å². The molecule has 2 aromatic heterocycles. The molecule has 0 bridgehead atoms. The first-order chi connectivity index (χ1) is 10.2. The van der Waals surface area contributed by atoms with E-state index in [0.29, 0.717) is 10.0 Å². The molecule has 21 heavy (non-hydrogen) atoms. The maximum Gasteiger partial charge on any atom is 0.124 e. The lowest BCUT2D eigenvalue weighted by Crippen LogP contribution is -1.87. The molecule has 2 heterocycles. The summed E-state index contributed by atoms with van der Waals surface area (Å²) in [5.41, 5.74) is 4.04. The molecule has 0 aliphatic carbocycles. The van der Waals surface area contributed by atoms with Crippen LogP contribution in [-0.4, -0.2) is 9.97 Å². The second-order valence-electron chi connectivity index (χ2n) is 4.56. The molecular weight excluding hydrogens is 323 g/mol. The molecule has 0 spiro atoms. The molecule has 0 aliphatic rings. The van der Waals surface area contributed by atoms with Crippen LogP contribution in [0.15, 0.2) is 41.9 Å². The molecule has 0 unspecified atom stereocenters. The van der Waals surface area contributed by atoms with E-state index in [1.54, 1.807) is 17.4 Å².